The van der Waals surface area contributed by atoms with Crippen molar-refractivity contribution in [1.82, 2.24) is 10.2 Å². The summed E-state index contributed by atoms with van der Waals surface area (Å²) in [5.41, 5.74) is 3.57. The molecule has 35 heavy (non-hydrogen) atoms. The fourth-order valence-corrected chi connectivity index (χ4v) is 5.07. The molecule has 1 fully saturated rings. The monoisotopic (exact) mass is 471 g/mol. The number of piperidine rings is 1. The van der Waals surface area contributed by atoms with Gasteiger partial charge in [0.15, 0.2) is 0 Å². The lowest BCUT2D eigenvalue weighted by molar-refractivity contribution is 0.110. The molecular formula is C30H37N3O2. The van der Waals surface area contributed by atoms with Crippen LogP contribution in [0.5, 0.6) is 5.75 Å². The average molecular weight is 472 g/mol. The van der Waals surface area contributed by atoms with Crippen LogP contribution in [0.15, 0.2) is 84.9 Å². The van der Waals surface area contributed by atoms with Crippen LogP contribution in [0, 0.1) is 5.92 Å². The van der Waals surface area contributed by atoms with Crippen LogP contribution in [0.4, 0.5) is 10.5 Å². The predicted octanol–water partition coefficient (Wildman–Crippen LogP) is 5.77. The van der Waals surface area contributed by atoms with E-state index in [1.54, 1.807) is 7.11 Å². The van der Waals surface area contributed by atoms with Gasteiger partial charge >= 0.3 is 6.03 Å². The van der Waals surface area contributed by atoms with Crippen LogP contribution >= 0.6 is 0 Å². The molecule has 4 rings (SSSR count). The summed E-state index contributed by atoms with van der Waals surface area (Å²) >= 11 is 0. The van der Waals surface area contributed by atoms with Crippen LogP contribution in [-0.2, 0) is 12.8 Å². The topological polar surface area (TPSA) is 53.6 Å². The third-order valence-electron chi connectivity index (χ3n) is 6.86. The van der Waals surface area contributed by atoms with Gasteiger partial charge in [0.25, 0.3) is 0 Å². The lowest BCUT2D eigenvalue weighted by Gasteiger charge is -2.40. The number of anilines is 1. The number of benzene rings is 3. The summed E-state index contributed by atoms with van der Waals surface area (Å²) in [6.45, 7) is 2.76. The Kier molecular flexibility index (Phi) is 9.18. The predicted molar refractivity (Wildman–Crippen MR) is 143 cm³/mol. The number of rotatable bonds is 10. The van der Waals surface area contributed by atoms with Crippen molar-refractivity contribution in [2.75, 3.05) is 32.1 Å². The first kappa shape index (κ1) is 24.8. The molecular weight excluding hydrogens is 434 g/mol. The van der Waals surface area contributed by atoms with Crippen molar-refractivity contribution in [1.29, 1.82) is 0 Å². The highest BCUT2D eigenvalue weighted by atomic mass is 16.5. The normalized spacial score (nSPS) is 18.1. The summed E-state index contributed by atoms with van der Waals surface area (Å²) in [5, 5.41) is 5.88. The molecule has 0 spiro atoms. The molecule has 1 aliphatic rings. The first-order valence-electron chi connectivity index (χ1n) is 12.7. The van der Waals surface area contributed by atoms with E-state index in [0.29, 0.717) is 18.5 Å². The summed E-state index contributed by atoms with van der Waals surface area (Å²) in [6, 6.07) is 29.5. The van der Waals surface area contributed by atoms with E-state index in [2.05, 4.69) is 76.2 Å². The molecule has 0 saturated carbocycles. The van der Waals surface area contributed by atoms with Gasteiger partial charge in [0, 0.05) is 30.9 Å². The molecule has 3 aromatic rings. The molecule has 2 N–H and O–H groups in total. The lowest BCUT2D eigenvalue weighted by atomic mass is 9.84. The van der Waals surface area contributed by atoms with Crippen molar-refractivity contribution in [3.05, 3.63) is 96.1 Å². The van der Waals surface area contributed by atoms with Crippen molar-refractivity contribution in [3.8, 4) is 5.75 Å². The zero-order valence-corrected chi connectivity index (χ0v) is 20.7. The fraction of sp³-hybridized carbons (Fsp3) is 0.367. The summed E-state index contributed by atoms with van der Waals surface area (Å²) in [6.07, 6.45) is 5.61. The quantitative estimate of drug-likeness (QED) is 0.369. The average Bonchev–Trinajstić information content (AvgIpc) is 2.89. The van der Waals surface area contributed by atoms with Gasteiger partial charge in [-0.2, -0.15) is 0 Å². The molecule has 184 valence electrons. The third-order valence-corrected chi connectivity index (χ3v) is 6.86. The van der Waals surface area contributed by atoms with Crippen LogP contribution in [-0.4, -0.2) is 43.7 Å². The highest BCUT2D eigenvalue weighted by molar-refractivity contribution is 5.89. The highest BCUT2D eigenvalue weighted by Gasteiger charge is 2.28. The van der Waals surface area contributed by atoms with Crippen molar-refractivity contribution in [2.24, 2.45) is 5.92 Å². The Balaban J connectivity index is 1.27. The van der Waals surface area contributed by atoms with Crippen LogP contribution in [0.25, 0.3) is 0 Å². The van der Waals surface area contributed by atoms with Gasteiger partial charge in [-0.1, -0.05) is 66.7 Å². The third kappa shape index (κ3) is 7.86. The number of carbonyl (C=O) groups excluding carboxylic acids is 1. The number of hydrogen-bond acceptors (Lipinski definition) is 3. The lowest BCUT2D eigenvalue weighted by Crippen LogP contribution is -2.45. The second kappa shape index (κ2) is 13.0. The molecule has 0 aliphatic carbocycles. The minimum Gasteiger partial charge on any atom is -0.497 e. The van der Waals surface area contributed by atoms with Crippen LogP contribution in [0.3, 0.4) is 0 Å². The zero-order chi connectivity index (χ0) is 24.3. The molecule has 1 aliphatic heterocycles. The number of nitrogens with zero attached hydrogens (tertiary/aromatic N) is 1. The minimum absolute atomic E-state index is 0.180. The first-order chi connectivity index (χ1) is 17.2. The molecule has 1 heterocycles. The SMILES string of the molecule is COc1cccc(NC(=O)NCCCN2CC[C@@H](Cc3ccccc3)C[C@H]2Cc2ccccc2)c1. The molecule has 0 radical (unpaired) electrons. The number of carbonyl (C=O) groups is 1. The first-order valence-corrected chi connectivity index (χ1v) is 12.7. The Morgan fingerprint density at radius 3 is 2.37 bits per heavy atom. The summed E-state index contributed by atoms with van der Waals surface area (Å²) in [7, 11) is 1.62. The van der Waals surface area contributed by atoms with Crippen molar-refractivity contribution in [2.45, 2.75) is 38.1 Å². The van der Waals surface area contributed by atoms with Gasteiger partial charge in [-0.25, -0.2) is 4.79 Å². The van der Waals surface area contributed by atoms with Crippen molar-refractivity contribution < 1.29 is 9.53 Å². The largest absolute Gasteiger partial charge is 0.497 e. The van der Waals surface area contributed by atoms with E-state index in [1.807, 2.05) is 24.3 Å². The van der Waals surface area contributed by atoms with E-state index in [4.69, 9.17) is 4.74 Å². The van der Waals surface area contributed by atoms with Gasteiger partial charge in [0.05, 0.1) is 7.11 Å². The maximum Gasteiger partial charge on any atom is 0.319 e. The Bertz CT molecular complexity index is 1040. The number of methoxy groups -OCH3 is 1. The molecule has 5 nitrogen and oxygen atoms in total. The van der Waals surface area contributed by atoms with Crippen molar-refractivity contribution >= 4 is 11.7 Å². The van der Waals surface area contributed by atoms with Gasteiger partial charge in [-0.15, -0.1) is 0 Å². The van der Waals surface area contributed by atoms with E-state index in [9.17, 15) is 4.79 Å². The summed E-state index contributed by atoms with van der Waals surface area (Å²) < 4.78 is 5.22. The Morgan fingerprint density at radius 2 is 1.66 bits per heavy atom. The van der Waals surface area contributed by atoms with E-state index >= 15 is 0 Å². The number of nitrogens with one attached hydrogen (secondary N) is 2. The molecule has 2 atom stereocenters. The molecule has 0 bridgehead atoms. The molecule has 1 saturated heterocycles. The molecule has 3 aromatic carbocycles. The maximum atomic E-state index is 12.3. The van der Waals surface area contributed by atoms with Gasteiger partial charge in [-0.05, 0) is 67.8 Å². The standard InChI is InChI=1S/C30H37N3O2/c1-35-29-15-8-14-27(23-29)32-30(34)31-17-9-18-33-19-16-26(20-24-10-4-2-5-11-24)22-28(33)21-25-12-6-3-7-13-25/h2-8,10-15,23,26,28H,9,16-22H2,1H3,(H2,31,32,34)/t26-,28+/m0/s1. The second-order valence-corrected chi connectivity index (χ2v) is 9.43. The van der Waals surface area contributed by atoms with E-state index < -0.39 is 0 Å². The van der Waals surface area contributed by atoms with Gasteiger partial charge < -0.3 is 15.4 Å². The molecule has 2 amide bonds. The van der Waals surface area contributed by atoms with E-state index in [-0.39, 0.29) is 6.03 Å². The molecule has 5 heteroatoms. The number of ether oxygens (including phenoxy) is 1. The molecule has 0 unspecified atom stereocenters. The highest BCUT2D eigenvalue weighted by Crippen LogP contribution is 2.28. The van der Waals surface area contributed by atoms with E-state index in [1.165, 1.54) is 24.0 Å². The van der Waals surface area contributed by atoms with Gasteiger partial charge in [0.1, 0.15) is 5.75 Å². The summed E-state index contributed by atoms with van der Waals surface area (Å²) in [5.74, 6) is 1.44. The number of amides is 2. The Labute approximate surface area is 209 Å². The van der Waals surface area contributed by atoms with Gasteiger partial charge in [0.2, 0.25) is 0 Å². The van der Waals surface area contributed by atoms with Crippen LogP contribution in [0.1, 0.15) is 30.4 Å². The summed E-state index contributed by atoms with van der Waals surface area (Å²) in [4.78, 5) is 14.9. The van der Waals surface area contributed by atoms with Crippen LogP contribution < -0.4 is 15.4 Å². The Morgan fingerprint density at radius 1 is 0.943 bits per heavy atom. The molecule has 0 aromatic heterocycles. The van der Waals surface area contributed by atoms with Crippen LogP contribution in [0.2, 0.25) is 0 Å². The minimum atomic E-state index is -0.180. The smallest absolute Gasteiger partial charge is 0.319 e. The fourth-order valence-electron chi connectivity index (χ4n) is 5.07. The van der Waals surface area contributed by atoms with E-state index in [0.717, 1.165) is 43.8 Å². The Hall–Kier alpha value is -3.31. The number of hydrogen-bond donors (Lipinski definition) is 2. The second-order valence-electron chi connectivity index (χ2n) is 9.43. The zero-order valence-electron chi connectivity index (χ0n) is 20.7. The van der Waals surface area contributed by atoms with Gasteiger partial charge in [-0.3, -0.25) is 4.90 Å². The van der Waals surface area contributed by atoms with Crippen molar-refractivity contribution in [3.63, 3.8) is 0 Å². The number of likely N-dealkylation sites (tertiary alicyclic amines) is 1. The number of urea groups is 1. The maximum absolute atomic E-state index is 12.3.